The van der Waals surface area contributed by atoms with Crippen LogP contribution in [-0.4, -0.2) is 28.6 Å². The van der Waals surface area contributed by atoms with E-state index in [4.69, 9.17) is 0 Å². The van der Waals surface area contributed by atoms with Crippen molar-refractivity contribution in [3.63, 3.8) is 0 Å². The first-order valence-electron chi connectivity index (χ1n) is 9.92. The molecular formula is C20H40N2. The van der Waals surface area contributed by atoms with Crippen LogP contribution in [0.1, 0.15) is 98.3 Å². The van der Waals surface area contributed by atoms with Gasteiger partial charge in [-0.25, -0.2) is 0 Å². The summed E-state index contributed by atoms with van der Waals surface area (Å²) >= 11 is 0. The number of unbranched alkanes of at least 4 members (excludes halogenated alkanes) is 9. The number of rotatable bonds is 13. The van der Waals surface area contributed by atoms with E-state index in [2.05, 4.69) is 49.9 Å². The van der Waals surface area contributed by atoms with Crippen LogP contribution in [0.2, 0.25) is 0 Å². The zero-order valence-electron chi connectivity index (χ0n) is 15.7. The van der Waals surface area contributed by atoms with E-state index in [1.165, 1.54) is 70.6 Å². The predicted molar refractivity (Wildman–Crippen MR) is 98.7 cm³/mol. The van der Waals surface area contributed by atoms with Crippen molar-refractivity contribution >= 4 is 0 Å². The van der Waals surface area contributed by atoms with Crippen LogP contribution >= 0.6 is 0 Å². The van der Waals surface area contributed by atoms with E-state index < -0.39 is 0 Å². The zero-order valence-corrected chi connectivity index (χ0v) is 15.7. The summed E-state index contributed by atoms with van der Waals surface area (Å²) in [6.45, 7) is 10.3. The van der Waals surface area contributed by atoms with Gasteiger partial charge in [-0.15, -0.1) is 0 Å². The highest BCUT2D eigenvalue weighted by Crippen LogP contribution is 2.23. The maximum Gasteiger partial charge on any atom is 0.101 e. The summed E-state index contributed by atoms with van der Waals surface area (Å²) in [5.41, 5.74) is 0. The van der Waals surface area contributed by atoms with Gasteiger partial charge >= 0.3 is 0 Å². The Kier molecular flexibility index (Phi) is 10.4. The third-order valence-electron chi connectivity index (χ3n) is 4.93. The van der Waals surface area contributed by atoms with Crippen molar-refractivity contribution in [3.05, 3.63) is 12.4 Å². The van der Waals surface area contributed by atoms with Gasteiger partial charge in [0.15, 0.2) is 0 Å². The van der Waals surface area contributed by atoms with Crippen molar-refractivity contribution in [2.24, 2.45) is 0 Å². The molecule has 1 atom stereocenters. The molecule has 0 aromatic heterocycles. The van der Waals surface area contributed by atoms with Gasteiger partial charge in [0.2, 0.25) is 0 Å². The molecule has 0 bridgehead atoms. The van der Waals surface area contributed by atoms with E-state index in [0.29, 0.717) is 12.2 Å². The standard InChI is InChI=1S/C20H40N2/c1-5-7-8-9-10-11-12-13-14-15-16-20-21(6-2)17-18-22(20)19(3)4/h17-20H,5-16H2,1-4H3. The van der Waals surface area contributed by atoms with E-state index in [1.807, 2.05) is 0 Å². The number of hydrogen-bond donors (Lipinski definition) is 0. The lowest BCUT2D eigenvalue weighted by Gasteiger charge is -2.34. The lowest BCUT2D eigenvalue weighted by Crippen LogP contribution is -2.41. The molecule has 1 unspecified atom stereocenters. The second-order valence-electron chi connectivity index (χ2n) is 7.12. The first-order chi connectivity index (χ1) is 10.7. The van der Waals surface area contributed by atoms with Crippen LogP contribution in [0.3, 0.4) is 0 Å². The molecule has 2 heteroatoms. The summed E-state index contributed by atoms with van der Waals surface area (Å²) in [4.78, 5) is 5.02. The number of nitrogens with zero attached hydrogens (tertiary/aromatic N) is 2. The van der Waals surface area contributed by atoms with Gasteiger partial charge < -0.3 is 9.80 Å². The third-order valence-corrected chi connectivity index (χ3v) is 4.93. The molecule has 1 aliphatic heterocycles. The molecule has 1 aliphatic rings. The van der Waals surface area contributed by atoms with Gasteiger partial charge in [-0.2, -0.15) is 0 Å². The second kappa shape index (κ2) is 11.8. The van der Waals surface area contributed by atoms with E-state index in [1.54, 1.807) is 0 Å². The molecule has 0 aliphatic carbocycles. The SMILES string of the molecule is CCCCCCCCCCCCC1N(CC)C=CN1C(C)C. The van der Waals surface area contributed by atoms with Crippen molar-refractivity contribution < 1.29 is 0 Å². The molecule has 1 rings (SSSR count). The minimum atomic E-state index is 0.610. The summed E-state index contributed by atoms with van der Waals surface area (Å²) < 4.78 is 0. The highest BCUT2D eigenvalue weighted by atomic mass is 15.4. The Hall–Kier alpha value is -0.660. The summed E-state index contributed by atoms with van der Waals surface area (Å²) in [6, 6.07) is 0.612. The molecule has 0 N–H and O–H groups in total. The highest BCUT2D eigenvalue weighted by Gasteiger charge is 2.26. The Bertz CT molecular complexity index is 285. The van der Waals surface area contributed by atoms with Gasteiger partial charge in [0.25, 0.3) is 0 Å². The molecule has 0 saturated heterocycles. The molecule has 130 valence electrons. The van der Waals surface area contributed by atoms with E-state index in [9.17, 15) is 0 Å². The maximum absolute atomic E-state index is 2.53. The molecule has 0 saturated carbocycles. The largest absolute Gasteiger partial charge is 0.356 e. The van der Waals surface area contributed by atoms with Gasteiger partial charge in [0.05, 0.1) is 0 Å². The van der Waals surface area contributed by atoms with Crippen LogP contribution < -0.4 is 0 Å². The quantitative estimate of drug-likeness (QED) is 0.377. The van der Waals surface area contributed by atoms with Crippen molar-refractivity contribution in [1.29, 1.82) is 0 Å². The molecular weight excluding hydrogens is 268 g/mol. The summed E-state index contributed by atoms with van der Waals surface area (Å²) in [7, 11) is 0. The Morgan fingerprint density at radius 1 is 0.773 bits per heavy atom. The molecule has 0 aromatic rings. The lowest BCUT2D eigenvalue weighted by atomic mass is 10.0. The zero-order chi connectivity index (χ0) is 16.2. The highest BCUT2D eigenvalue weighted by molar-refractivity contribution is 4.97. The Morgan fingerprint density at radius 3 is 1.82 bits per heavy atom. The molecule has 22 heavy (non-hydrogen) atoms. The van der Waals surface area contributed by atoms with Gasteiger partial charge in [0, 0.05) is 25.0 Å². The Labute approximate surface area is 139 Å². The molecule has 0 fully saturated rings. The first kappa shape index (κ1) is 19.4. The summed E-state index contributed by atoms with van der Waals surface area (Å²) in [5, 5.41) is 0. The van der Waals surface area contributed by atoms with Crippen LogP contribution in [0.5, 0.6) is 0 Å². The van der Waals surface area contributed by atoms with Crippen molar-refractivity contribution in [2.75, 3.05) is 6.54 Å². The molecule has 1 heterocycles. The summed E-state index contributed by atoms with van der Waals surface area (Å²) in [6.07, 6.45) is 20.8. The van der Waals surface area contributed by atoms with Gasteiger partial charge in [-0.05, 0) is 33.6 Å². The second-order valence-corrected chi connectivity index (χ2v) is 7.12. The van der Waals surface area contributed by atoms with Crippen LogP contribution in [-0.2, 0) is 0 Å². The minimum absolute atomic E-state index is 0.610. The Balaban J connectivity index is 2.03. The maximum atomic E-state index is 2.53. The minimum Gasteiger partial charge on any atom is -0.356 e. The van der Waals surface area contributed by atoms with Crippen LogP contribution in [0.4, 0.5) is 0 Å². The fraction of sp³-hybridized carbons (Fsp3) is 0.900. The topological polar surface area (TPSA) is 6.48 Å². The van der Waals surface area contributed by atoms with Crippen molar-refractivity contribution in [1.82, 2.24) is 9.80 Å². The number of hydrogen-bond acceptors (Lipinski definition) is 2. The third kappa shape index (κ3) is 7.07. The first-order valence-corrected chi connectivity index (χ1v) is 9.92. The van der Waals surface area contributed by atoms with E-state index >= 15 is 0 Å². The average molecular weight is 309 g/mol. The molecule has 0 amide bonds. The van der Waals surface area contributed by atoms with E-state index in [0.717, 1.165) is 6.54 Å². The smallest absolute Gasteiger partial charge is 0.101 e. The van der Waals surface area contributed by atoms with Gasteiger partial charge in [-0.1, -0.05) is 64.7 Å². The average Bonchev–Trinajstić information content (AvgIpc) is 2.92. The predicted octanol–water partition coefficient (Wildman–Crippen LogP) is 6.14. The lowest BCUT2D eigenvalue weighted by molar-refractivity contribution is 0.119. The monoisotopic (exact) mass is 308 g/mol. The molecule has 0 aromatic carbocycles. The van der Waals surface area contributed by atoms with Crippen molar-refractivity contribution in [2.45, 2.75) is 111 Å². The molecule has 0 spiro atoms. The van der Waals surface area contributed by atoms with Crippen LogP contribution in [0.15, 0.2) is 12.4 Å². The van der Waals surface area contributed by atoms with Gasteiger partial charge in [0.1, 0.15) is 6.17 Å². The molecule has 2 nitrogen and oxygen atoms in total. The van der Waals surface area contributed by atoms with Crippen LogP contribution in [0.25, 0.3) is 0 Å². The fourth-order valence-corrected chi connectivity index (χ4v) is 3.49. The summed E-state index contributed by atoms with van der Waals surface area (Å²) in [5.74, 6) is 0. The van der Waals surface area contributed by atoms with E-state index in [-0.39, 0.29) is 0 Å². The van der Waals surface area contributed by atoms with Crippen LogP contribution in [0, 0.1) is 0 Å². The Morgan fingerprint density at radius 2 is 1.32 bits per heavy atom. The molecule has 0 radical (unpaired) electrons. The van der Waals surface area contributed by atoms with Crippen molar-refractivity contribution in [3.8, 4) is 0 Å². The van der Waals surface area contributed by atoms with Gasteiger partial charge in [-0.3, -0.25) is 0 Å². The normalized spacial score (nSPS) is 18.0. The fourth-order valence-electron chi connectivity index (χ4n) is 3.49.